The van der Waals surface area contributed by atoms with Gasteiger partial charge in [0.05, 0.1) is 6.61 Å². The van der Waals surface area contributed by atoms with Crippen molar-refractivity contribution in [1.82, 2.24) is 0 Å². The molecular weight excluding hydrogens is 138 g/mol. The van der Waals surface area contributed by atoms with Crippen LogP contribution in [-0.2, 0) is 4.74 Å². The first kappa shape index (κ1) is 9.82. The third-order valence-electron chi connectivity index (χ3n) is 1.08. The molecule has 10 heavy (non-hydrogen) atoms. The zero-order valence-electron chi connectivity index (χ0n) is 6.44. The lowest BCUT2D eigenvalue weighted by molar-refractivity contribution is 0.0748. The van der Waals surface area contributed by atoms with Gasteiger partial charge in [-0.3, -0.25) is 0 Å². The number of halogens is 2. The van der Waals surface area contributed by atoms with E-state index in [0.717, 1.165) is 0 Å². The van der Waals surface area contributed by atoms with E-state index in [4.69, 9.17) is 4.74 Å². The van der Waals surface area contributed by atoms with Crippen LogP contribution in [0, 0.1) is 0 Å². The maximum atomic E-state index is 12.5. The first-order chi connectivity index (χ1) is 4.66. The van der Waals surface area contributed by atoms with Gasteiger partial charge in [0.25, 0.3) is 0 Å². The highest BCUT2D eigenvalue weighted by Gasteiger charge is 2.10. The molecule has 0 aromatic carbocycles. The van der Waals surface area contributed by atoms with E-state index in [1.54, 1.807) is 6.92 Å². The highest BCUT2D eigenvalue weighted by molar-refractivity contribution is 4.58. The predicted octanol–water partition coefficient (Wildman–Crippen LogP) is 2.11. The van der Waals surface area contributed by atoms with Crippen LogP contribution in [0.15, 0.2) is 0 Å². The monoisotopic (exact) mass is 152 g/mol. The van der Waals surface area contributed by atoms with E-state index in [0.29, 0.717) is 6.61 Å². The zero-order chi connectivity index (χ0) is 7.98. The fourth-order valence-corrected chi connectivity index (χ4v) is 0.666. The van der Waals surface area contributed by atoms with Gasteiger partial charge in [0.15, 0.2) is 0 Å². The Bertz CT molecular complexity index is 76.0. The summed E-state index contributed by atoms with van der Waals surface area (Å²) >= 11 is 0. The van der Waals surface area contributed by atoms with E-state index in [1.807, 2.05) is 0 Å². The molecule has 0 fully saturated rings. The van der Waals surface area contributed by atoms with Crippen LogP contribution < -0.4 is 0 Å². The van der Waals surface area contributed by atoms with Crippen molar-refractivity contribution in [2.24, 2.45) is 0 Å². The molecule has 0 radical (unpaired) electrons. The van der Waals surface area contributed by atoms with Crippen LogP contribution in [0.2, 0.25) is 0 Å². The average molecular weight is 152 g/mol. The van der Waals surface area contributed by atoms with Gasteiger partial charge in [0.2, 0.25) is 0 Å². The van der Waals surface area contributed by atoms with Crippen LogP contribution in [0.4, 0.5) is 8.78 Å². The lowest BCUT2D eigenvalue weighted by atomic mass is 10.2. The predicted molar refractivity (Wildman–Crippen MR) is 36.6 cm³/mol. The SMILES string of the molecule is CCOCC(F)CC(C)F. The summed E-state index contributed by atoms with van der Waals surface area (Å²) in [6, 6.07) is 0. The number of alkyl halides is 2. The Morgan fingerprint density at radius 2 is 2.00 bits per heavy atom. The van der Waals surface area contributed by atoms with E-state index in [2.05, 4.69) is 0 Å². The lowest BCUT2D eigenvalue weighted by Crippen LogP contribution is -2.14. The van der Waals surface area contributed by atoms with Gasteiger partial charge in [-0.05, 0) is 13.8 Å². The first-order valence-corrected chi connectivity index (χ1v) is 3.52. The van der Waals surface area contributed by atoms with E-state index in [9.17, 15) is 8.78 Å². The molecule has 1 nitrogen and oxygen atoms in total. The van der Waals surface area contributed by atoms with Gasteiger partial charge in [-0.15, -0.1) is 0 Å². The van der Waals surface area contributed by atoms with Gasteiger partial charge in [0, 0.05) is 13.0 Å². The van der Waals surface area contributed by atoms with Gasteiger partial charge < -0.3 is 4.74 Å². The van der Waals surface area contributed by atoms with E-state index >= 15 is 0 Å². The zero-order valence-corrected chi connectivity index (χ0v) is 6.44. The molecule has 0 aromatic rings. The highest BCUT2D eigenvalue weighted by atomic mass is 19.1. The topological polar surface area (TPSA) is 9.23 Å². The minimum atomic E-state index is -1.15. The maximum Gasteiger partial charge on any atom is 0.126 e. The second-order valence-corrected chi connectivity index (χ2v) is 2.27. The summed E-state index contributed by atoms with van der Waals surface area (Å²) in [6.45, 7) is 3.63. The molecule has 0 aliphatic heterocycles. The fourth-order valence-electron chi connectivity index (χ4n) is 0.666. The van der Waals surface area contributed by atoms with Crippen LogP contribution >= 0.6 is 0 Å². The summed E-state index contributed by atoms with van der Waals surface area (Å²) in [6.07, 6.45) is -2.28. The van der Waals surface area contributed by atoms with Crippen LogP contribution in [0.25, 0.3) is 0 Å². The Kier molecular flexibility index (Phi) is 5.49. The van der Waals surface area contributed by atoms with Crippen molar-refractivity contribution in [2.45, 2.75) is 32.6 Å². The normalized spacial score (nSPS) is 16.8. The Morgan fingerprint density at radius 1 is 1.40 bits per heavy atom. The van der Waals surface area contributed by atoms with Crippen LogP contribution in [0.3, 0.4) is 0 Å². The van der Waals surface area contributed by atoms with Crippen LogP contribution in [0.1, 0.15) is 20.3 Å². The molecular formula is C7H14F2O. The second kappa shape index (κ2) is 5.59. The maximum absolute atomic E-state index is 12.5. The molecule has 0 saturated heterocycles. The van der Waals surface area contributed by atoms with Gasteiger partial charge in [0.1, 0.15) is 12.3 Å². The molecule has 2 unspecified atom stereocenters. The van der Waals surface area contributed by atoms with Crippen LogP contribution in [0.5, 0.6) is 0 Å². The smallest absolute Gasteiger partial charge is 0.126 e. The largest absolute Gasteiger partial charge is 0.379 e. The van der Waals surface area contributed by atoms with Crippen LogP contribution in [-0.4, -0.2) is 25.6 Å². The van der Waals surface area contributed by atoms with Gasteiger partial charge in [-0.1, -0.05) is 0 Å². The van der Waals surface area contributed by atoms with Crippen molar-refractivity contribution in [2.75, 3.05) is 13.2 Å². The summed E-state index contributed by atoms with van der Waals surface area (Å²) in [4.78, 5) is 0. The number of ether oxygens (including phenoxy) is 1. The van der Waals surface area contributed by atoms with E-state index in [-0.39, 0.29) is 13.0 Å². The molecule has 0 aromatic heterocycles. The van der Waals surface area contributed by atoms with Crippen molar-refractivity contribution in [3.8, 4) is 0 Å². The molecule has 0 spiro atoms. The Morgan fingerprint density at radius 3 is 2.40 bits per heavy atom. The van der Waals surface area contributed by atoms with Crippen molar-refractivity contribution < 1.29 is 13.5 Å². The molecule has 0 N–H and O–H groups in total. The molecule has 62 valence electrons. The van der Waals surface area contributed by atoms with E-state index < -0.39 is 12.3 Å². The van der Waals surface area contributed by atoms with E-state index in [1.165, 1.54) is 6.92 Å². The molecule has 0 aliphatic carbocycles. The minimum Gasteiger partial charge on any atom is -0.379 e. The molecule has 3 heteroatoms. The first-order valence-electron chi connectivity index (χ1n) is 3.52. The number of hydrogen-bond donors (Lipinski definition) is 0. The minimum absolute atomic E-state index is 0.0186. The molecule has 0 amide bonds. The Labute approximate surface area is 60.4 Å². The summed E-state index contributed by atoms with van der Waals surface area (Å²) in [5.41, 5.74) is 0. The number of hydrogen-bond acceptors (Lipinski definition) is 1. The molecule has 0 saturated carbocycles. The third kappa shape index (κ3) is 5.95. The Balaban J connectivity index is 3.16. The van der Waals surface area contributed by atoms with Crippen molar-refractivity contribution >= 4 is 0 Å². The summed E-state index contributed by atoms with van der Waals surface area (Å²) in [7, 11) is 0. The third-order valence-corrected chi connectivity index (χ3v) is 1.08. The molecule has 0 rings (SSSR count). The van der Waals surface area contributed by atoms with Crippen molar-refractivity contribution in [3.63, 3.8) is 0 Å². The molecule has 0 heterocycles. The molecule has 0 bridgehead atoms. The lowest BCUT2D eigenvalue weighted by Gasteiger charge is -2.07. The molecule has 2 atom stereocenters. The Hall–Kier alpha value is -0.180. The summed E-state index contributed by atoms with van der Waals surface area (Å²) < 4.78 is 29.3. The molecule has 0 aliphatic rings. The average Bonchev–Trinajstić information content (AvgIpc) is 1.82. The fraction of sp³-hybridized carbons (Fsp3) is 1.00. The summed E-state index contributed by atoms with van der Waals surface area (Å²) in [5, 5.41) is 0. The summed E-state index contributed by atoms with van der Waals surface area (Å²) in [5.74, 6) is 0. The van der Waals surface area contributed by atoms with Crippen molar-refractivity contribution in [3.05, 3.63) is 0 Å². The van der Waals surface area contributed by atoms with Crippen molar-refractivity contribution in [1.29, 1.82) is 0 Å². The van der Waals surface area contributed by atoms with Gasteiger partial charge in [-0.2, -0.15) is 0 Å². The van der Waals surface area contributed by atoms with Gasteiger partial charge >= 0.3 is 0 Å². The quantitative estimate of drug-likeness (QED) is 0.586. The standard InChI is InChI=1S/C7H14F2O/c1-3-10-5-7(9)4-6(2)8/h6-7H,3-5H2,1-2H3. The van der Waals surface area contributed by atoms with Gasteiger partial charge in [-0.25, -0.2) is 8.78 Å². The second-order valence-electron chi connectivity index (χ2n) is 2.27. The number of rotatable bonds is 5. The highest BCUT2D eigenvalue weighted by Crippen LogP contribution is 2.05.